The fraction of sp³-hybridized carbons (Fsp3) is 0.238. The minimum Gasteiger partial charge on any atom is -0.508 e. The maximum absolute atomic E-state index is 9.96. The quantitative estimate of drug-likeness (QED) is 0.675. The van der Waals surface area contributed by atoms with Gasteiger partial charge >= 0.3 is 0 Å². The molecule has 3 rings (SSSR count). The SMILES string of the molecule is COc1ccc(COc2ccnc(-c3cc(O)cc(OC(C)C)c3)n2)cc1. The van der Waals surface area contributed by atoms with Crippen LogP contribution in [-0.4, -0.2) is 28.3 Å². The molecule has 1 heterocycles. The first-order valence-electron chi connectivity index (χ1n) is 8.63. The second-order valence-corrected chi connectivity index (χ2v) is 6.24. The van der Waals surface area contributed by atoms with Gasteiger partial charge in [-0.15, -0.1) is 0 Å². The molecule has 0 fully saturated rings. The molecule has 0 aliphatic carbocycles. The lowest BCUT2D eigenvalue weighted by molar-refractivity contribution is 0.241. The molecule has 3 aromatic rings. The summed E-state index contributed by atoms with van der Waals surface area (Å²) in [6.45, 7) is 4.23. The van der Waals surface area contributed by atoms with Gasteiger partial charge in [0.1, 0.15) is 23.9 Å². The van der Waals surface area contributed by atoms with E-state index in [0.29, 0.717) is 29.6 Å². The topological polar surface area (TPSA) is 73.7 Å². The van der Waals surface area contributed by atoms with E-state index in [1.165, 1.54) is 0 Å². The average molecular weight is 366 g/mol. The van der Waals surface area contributed by atoms with E-state index in [1.54, 1.807) is 37.6 Å². The Morgan fingerprint density at radius 3 is 2.48 bits per heavy atom. The number of benzene rings is 2. The van der Waals surface area contributed by atoms with Gasteiger partial charge in [-0.25, -0.2) is 4.98 Å². The molecule has 6 heteroatoms. The molecule has 0 saturated carbocycles. The van der Waals surface area contributed by atoms with Crippen molar-refractivity contribution in [1.29, 1.82) is 0 Å². The van der Waals surface area contributed by atoms with Crippen molar-refractivity contribution in [2.24, 2.45) is 0 Å². The molecule has 2 aromatic carbocycles. The standard InChI is InChI=1S/C21H22N2O4/c1-14(2)27-19-11-16(10-17(24)12-19)21-22-9-8-20(23-21)26-13-15-4-6-18(25-3)7-5-15/h4-12,14,24H,13H2,1-3H3. The second-order valence-electron chi connectivity index (χ2n) is 6.24. The molecule has 0 unspecified atom stereocenters. The third-order valence-electron chi connectivity index (χ3n) is 3.70. The predicted molar refractivity (Wildman–Crippen MR) is 102 cm³/mol. The summed E-state index contributed by atoms with van der Waals surface area (Å²) in [5.74, 6) is 2.35. The Bertz CT molecular complexity index is 895. The van der Waals surface area contributed by atoms with Crippen molar-refractivity contribution in [3.63, 3.8) is 0 Å². The highest BCUT2D eigenvalue weighted by Crippen LogP contribution is 2.28. The van der Waals surface area contributed by atoms with Crippen LogP contribution in [0.5, 0.6) is 23.1 Å². The summed E-state index contributed by atoms with van der Waals surface area (Å²) in [5.41, 5.74) is 1.65. The van der Waals surface area contributed by atoms with Gasteiger partial charge in [-0.1, -0.05) is 12.1 Å². The molecule has 140 valence electrons. The highest BCUT2D eigenvalue weighted by atomic mass is 16.5. The summed E-state index contributed by atoms with van der Waals surface area (Å²) in [4.78, 5) is 8.70. The Hall–Kier alpha value is -3.28. The van der Waals surface area contributed by atoms with E-state index >= 15 is 0 Å². The third-order valence-corrected chi connectivity index (χ3v) is 3.70. The lowest BCUT2D eigenvalue weighted by Crippen LogP contribution is -2.05. The van der Waals surface area contributed by atoms with Crippen LogP contribution < -0.4 is 14.2 Å². The zero-order chi connectivity index (χ0) is 19.2. The first-order valence-corrected chi connectivity index (χ1v) is 8.63. The van der Waals surface area contributed by atoms with Gasteiger partial charge in [0.25, 0.3) is 0 Å². The molecule has 0 atom stereocenters. The summed E-state index contributed by atoms with van der Waals surface area (Å²) in [6, 6.07) is 14.3. The van der Waals surface area contributed by atoms with Crippen LogP contribution >= 0.6 is 0 Å². The molecular weight excluding hydrogens is 344 g/mol. The van der Waals surface area contributed by atoms with E-state index in [2.05, 4.69) is 9.97 Å². The number of hydrogen-bond acceptors (Lipinski definition) is 6. The Balaban J connectivity index is 1.76. The van der Waals surface area contributed by atoms with Gasteiger partial charge in [0.15, 0.2) is 5.82 Å². The largest absolute Gasteiger partial charge is 0.508 e. The van der Waals surface area contributed by atoms with Crippen LogP contribution in [0.3, 0.4) is 0 Å². The van der Waals surface area contributed by atoms with Crippen molar-refractivity contribution in [3.05, 3.63) is 60.3 Å². The molecule has 6 nitrogen and oxygen atoms in total. The van der Waals surface area contributed by atoms with E-state index in [0.717, 1.165) is 11.3 Å². The number of ether oxygens (including phenoxy) is 3. The minimum atomic E-state index is -0.000248. The number of hydrogen-bond donors (Lipinski definition) is 1. The second kappa shape index (κ2) is 8.40. The maximum Gasteiger partial charge on any atom is 0.217 e. The first kappa shape index (κ1) is 18.5. The monoisotopic (exact) mass is 366 g/mol. The minimum absolute atomic E-state index is 0.000248. The zero-order valence-corrected chi connectivity index (χ0v) is 15.5. The van der Waals surface area contributed by atoms with Crippen LogP contribution in [0.15, 0.2) is 54.7 Å². The molecule has 0 amide bonds. The third kappa shape index (κ3) is 5.10. The van der Waals surface area contributed by atoms with Gasteiger partial charge in [-0.3, -0.25) is 0 Å². The van der Waals surface area contributed by atoms with E-state index < -0.39 is 0 Å². The van der Waals surface area contributed by atoms with Crippen LogP contribution in [0, 0.1) is 0 Å². The number of phenols is 1. The van der Waals surface area contributed by atoms with Crippen molar-refractivity contribution in [2.75, 3.05) is 7.11 Å². The van der Waals surface area contributed by atoms with E-state index in [4.69, 9.17) is 14.2 Å². The number of methoxy groups -OCH3 is 1. The highest BCUT2D eigenvalue weighted by Gasteiger charge is 2.09. The lowest BCUT2D eigenvalue weighted by atomic mass is 10.2. The van der Waals surface area contributed by atoms with Gasteiger partial charge in [0, 0.05) is 23.9 Å². The number of aromatic hydroxyl groups is 1. The molecule has 0 aliphatic heterocycles. The van der Waals surface area contributed by atoms with Gasteiger partial charge in [0.2, 0.25) is 5.88 Å². The number of phenolic OH excluding ortho intramolecular Hbond substituents is 1. The Labute approximate surface area is 158 Å². The van der Waals surface area contributed by atoms with Gasteiger partial charge in [-0.2, -0.15) is 4.98 Å². The maximum atomic E-state index is 9.96. The number of rotatable bonds is 7. The Kier molecular flexibility index (Phi) is 5.76. The summed E-state index contributed by atoms with van der Waals surface area (Å²) in [7, 11) is 1.63. The smallest absolute Gasteiger partial charge is 0.217 e. The van der Waals surface area contributed by atoms with Crippen molar-refractivity contribution in [2.45, 2.75) is 26.6 Å². The highest BCUT2D eigenvalue weighted by molar-refractivity contribution is 5.60. The van der Waals surface area contributed by atoms with Gasteiger partial charge in [-0.05, 0) is 43.7 Å². The van der Waals surface area contributed by atoms with Gasteiger partial charge in [0.05, 0.1) is 13.2 Å². The number of nitrogens with zero attached hydrogens (tertiary/aromatic N) is 2. The Morgan fingerprint density at radius 2 is 1.78 bits per heavy atom. The lowest BCUT2D eigenvalue weighted by Gasteiger charge is -2.12. The zero-order valence-electron chi connectivity index (χ0n) is 15.5. The van der Waals surface area contributed by atoms with Crippen molar-refractivity contribution in [3.8, 4) is 34.5 Å². The molecule has 0 aliphatic rings. The fourth-order valence-electron chi connectivity index (χ4n) is 2.49. The normalized spacial score (nSPS) is 10.7. The molecule has 0 spiro atoms. The number of aromatic nitrogens is 2. The summed E-state index contributed by atoms with van der Waals surface area (Å²) >= 11 is 0. The molecule has 0 bridgehead atoms. The summed E-state index contributed by atoms with van der Waals surface area (Å²) in [6.07, 6.45) is 1.62. The van der Waals surface area contributed by atoms with Crippen molar-refractivity contribution >= 4 is 0 Å². The predicted octanol–water partition coefficient (Wildman–Crippen LogP) is 4.22. The van der Waals surface area contributed by atoms with Crippen LogP contribution in [0.2, 0.25) is 0 Å². The van der Waals surface area contributed by atoms with Crippen molar-refractivity contribution < 1.29 is 19.3 Å². The molecule has 1 aromatic heterocycles. The molecule has 27 heavy (non-hydrogen) atoms. The fourth-order valence-corrected chi connectivity index (χ4v) is 2.49. The first-order chi connectivity index (χ1) is 13.0. The van der Waals surface area contributed by atoms with Crippen LogP contribution in [0.1, 0.15) is 19.4 Å². The van der Waals surface area contributed by atoms with Crippen molar-refractivity contribution in [1.82, 2.24) is 9.97 Å². The molecule has 1 N–H and O–H groups in total. The van der Waals surface area contributed by atoms with E-state index in [1.807, 2.05) is 38.1 Å². The van der Waals surface area contributed by atoms with E-state index in [9.17, 15) is 5.11 Å². The van der Waals surface area contributed by atoms with Crippen LogP contribution in [0.4, 0.5) is 0 Å². The van der Waals surface area contributed by atoms with Gasteiger partial charge < -0.3 is 19.3 Å². The summed E-state index contributed by atoms with van der Waals surface area (Å²) < 4.78 is 16.6. The van der Waals surface area contributed by atoms with E-state index in [-0.39, 0.29) is 11.9 Å². The Morgan fingerprint density at radius 1 is 1.00 bits per heavy atom. The molecule has 0 saturated heterocycles. The average Bonchev–Trinajstić information content (AvgIpc) is 2.66. The molecule has 0 radical (unpaired) electrons. The molecular formula is C21H22N2O4. The van der Waals surface area contributed by atoms with Crippen LogP contribution in [-0.2, 0) is 6.61 Å². The summed E-state index contributed by atoms with van der Waals surface area (Å²) in [5, 5.41) is 9.96. The van der Waals surface area contributed by atoms with Crippen LogP contribution in [0.25, 0.3) is 11.4 Å².